The van der Waals surface area contributed by atoms with Crippen LogP contribution in [-0.4, -0.2) is 72.6 Å². The molecule has 1 aromatic carbocycles. The Bertz CT molecular complexity index is 901. The predicted octanol–water partition coefficient (Wildman–Crippen LogP) is 4.38. The minimum absolute atomic E-state index is 0.314. The maximum atomic E-state index is 14.1. The molecule has 10 heteroatoms. The molecule has 0 bridgehead atoms. The van der Waals surface area contributed by atoms with Gasteiger partial charge in [-0.25, -0.2) is 4.79 Å². The molecule has 0 spiro atoms. The molecular formula is C28H45N3O6S. The van der Waals surface area contributed by atoms with Crippen LogP contribution in [0.3, 0.4) is 0 Å². The highest BCUT2D eigenvalue weighted by atomic mass is 32.2. The average molecular weight is 552 g/mol. The first-order valence-corrected chi connectivity index (χ1v) is 14.5. The summed E-state index contributed by atoms with van der Waals surface area (Å²) >= 11 is 1.56. The number of rotatable bonds is 15. The van der Waals surface area contributed by atoms with E-state index in [0.29, 0.717) is 30.7 Å². The monoisotopic (exact) mass is 551 g/mol. The highest BCUT2D eigenvalue weighted by Gasteiger charge is 2.36. The number of hydrogen-bond acceptors (Lipinski definition) is 7. The van der Waals surface area contributed by atoms with Gasteiger partial charge in [0.2, 0.25) is 11.8 Å². The van der Waals surface area contributed by atoms with E-state index in [9.17, 15) is 19.2 Å². The van der Waals surface area contributed by atoms with Crippen molar-refractivity contribution in [3.8, 4) is 0 Å². The summed E-state index contributed by atoms with van der Waals surface area (Å²) in [4.78, 5) is 53.5. The van der Waals surface area contributed by atoms with Crippen molar-refractivity contribution in [2.24, 2.45) is 0 Å². The van der Waals surface area contributed by atoms with Crippen LogP contribution in [0.15, 0.2) is 24.3 Å². The van der Waals surface area contributed by atoms with Crippen LogP contribution in [-0.2, 0) is 23.9 Å². The standard InChI is InChI=1S/C28H45N3O6S/c1-8-9-10-11-17-31(26(34)22(16-18-38-7)30-27(35)37-28(3,4)5)24(21-14-12-20(2)13-15-21)25(33)29-19-23(32)36-6/h12-15,22,24H,8-11,16-19H2,1-7H3,(H,29,33)(H,30,35). The highest BCUT2D eigenvalue weighted by molar-refractivity contribution is 7.98. The average Bonchev–Trinajstić information content (AvgIpc) is 2.86. The van der Waals surface area contributed by atoms with Crippen molar-refractivity contribution in [2.45, 2.75) is 84.4 Å². The van der Waals surface area contributed by atoms with Crippen molar-refractivity contribution in [1.82, 2.24) is 15.5 Å². The van der Waals surface area contributed by atoms with E-state index in [1.165, 1.54) is 12.0 Å². The number of nitrogens with zero attached hydrogens (tertiary/aromatic N) is 1. The zero-order chi connectivity index (χ0) is 28.7. The lowest BCUT2D eigenvalue weighted by Gasteiger charge is -2.34. The molecular weight excluding hydrogens is 506 g/mol. The van der Waals surface area contributed by atoms with E-state index in [1.807, 2.05) is 37.4 Å². The number of esters is 1. The molecule has 0 radical (unpaired) electrons. The zero-order valence-electron chi connectivity index (χ0n) is 23.9. The molecule has 2 N–H and O–H groups in total. The van der Waals surface area contributed by atoms with Crippen molar-refractivity contribution < 1.29 is 28.7 Å². The maximum absolute atomic E-state index is 14.1. The number of carbonyl (C=O) groups is 4. The Labute approximate surface area is 231 Å². The lowest BCUT2D eigenvalue weighted by Crippen LogP contribution is -2.53. The van der Waals surface area contributed by atoms with E-state index in [1.54, 1.807) is 32.5 Å². The third kappa shape index (κ3) is 12.2. The molecule has 214 valence electrons. The van der Waals surface area contributed by atoms with Crippen molar-refractivity contribution in [2.75, 3.05) is 32.2 Å². The summed E-state index contributed by atoms with van der Waals surface area (Å²) in [6.07, 6.45) is 5.20. The quantitative estimate of drug-likeness (QED) is 0.246. The Kier molecular flexibility index (Phi) is 14.9. The molecule has 0 aromatic heterocycles. The van der Waals surface area contributed by atoms with Gasteiger partial charge in [0.05, 0.1) is 7.11 Å². The van der Waals surface area contributed by atoms with Gasteiger partial charge in [-0.1, -0.05) is 56.0 Å². The number of aryl methyl sites for hydroxylation is 1. The number of alkyl carbamates (subject to hydrolysis) is 1. The van der Waals surface area contributed by atoms with Crippen LogP contribution >= 0.6 is 11.8 Å². The Hall–Kier alpha value is -2.75. The molecule has 0 saturated carbocycles. The van der Waals surface area contributed by atoms with Gasteiger partial charge in [0, 0.05) is 6.54 Å². The Morgan fingerprint density at radius 1 is 1.05 bits per heavy atom. The smallest absolute Gasteiger partial charge is 0.408 e. The second kappa shape index (κ2) is 17.0. The van der Waals surface area contributed by atoms with Gasteiger partial charge in [0.1, 0.15) is 24.2 Å². The number of nitrogens with one attached hydrogen (secondary N) is 2. The molecule has 0 aliphatic heterocycles. The molecule has 0 aliphatic carbocycles. The normalized spacial score (nSPS) is 12.7. The highest BCUT2D eigenvalue weighted by Crippen LogP contribution is 2.25. The second-order valence-electron chi connectivity index (χ2n) is 10.2. The molecule has 2 atom stereocenters. The SMILES string of the molecule is CCCCCCN(C(=O)C(CCSC)NC(=O)OC(C)(C)C)C(C(=O)NCC(=O)OC)c1ccc(C)cc1. The predicted molar refractivity (Wildman–Crippen MR) is 151 cm³/mol. The minimum Gasteiger partial charge on any atom is -0.468 e. The lowest BCUT2D eigenvalue weighted by atomic mass is 10.0. The molecule has 0 aliphatic rings. The fourth-order valence-electron chi connectivity index (χ4n) is 3.77. The van der Waals surface area contributed by atoms with Gasteiger partial charge < -0.3 is 25.0 Å². The van der Waals surface area contributed by atoms with Crippen LogP contribution in [0, 0.1) is 6.92 Å². The summed E-state index contributed by atoms with van der Waals surface area (Å²) in [5.74, 6) is -0.838. The van der Waals surface area contributed by atoms with Crippen molar-refractivity contribution in [1.29, 1.82) is 0 Å². The van der Waals surface area contributed by atoms with Crippen LogP contribution in [0.2, 0.25) is 0 Å². The molecule has 0 heterocycles. The zero-order valence-corrected chi connectivity index (χ0v) is 24.7. The minimum atomic E-state index is -0.994. The first kappa shape index (κ1) is 33.3. The van der Waals surface area contributed by atoms with Gasteiger partial charge >= 0.3 is 12.1 Å². The van der Waals surface area contributed by atoms with E-state index >= 15 is 0 Å². The van der Waals surface area contributed by atoms with E-state index in [2.05, 4.69) is 22.3 Å². The number of ether oxygens (including phenoxy) is 2. The molecule has 3 amide bonds. The van der Waals surface area contributed by atoms with Gasteiger partial charge in [-0.15, -0.1) is 0 Å². The molecule has 0 saturated heterocycles. The van der Waals surface area contributed by atoms with Gasteiger partial charge in [0.15, 0.2) is 0 Å². The summed E-state index contributed by atoms with van der Waals surface area (Å²) in [5, 5.41) is 5.35. The van der Waals surface area contributed by atoms with Crippen LogP contribution < -0.4 is 10.6 Å². The summed E-state index contributed by atoms with van der Waals surface area (Å²) in [6.45, 7) is 9.30. The van der Waals surface area contributed by atoms with Crippen molar-refractivity contribution in [3.05, 3.63) is 35.4 Å². The first-order chi connectivity index (χ1) is 17.9. The number of unbranched alkanes of at least 4 members (excludes halogenated alkanes) is 3. The number of methoxy groups -OCH3 is 1. The Morgan fingerprint density at radius 3 is 2.26 bits per heavy atom. The van der Waals surface area contributed by atoms with Crippen molar-refractivity contribution in [3.63, 3.8) is 0 Å². The van der Waals surface area contributed by atoms with Crippen LogP contribution in [0.4, 0.5) is 4.79 Å². The van der Waals surface area contributed by atoms with E-state index in [-0.39, 0.29) is 12.5 Å². The van der Waals surface area contributed by atoms with Crippen LogP contribution in [0.25, 0.3) is 0 Å². The molecule has 0 fully saturated rings. The number of carbonyl (C=O) groups excluding carboxylic acids is 4. The van der Waals surface area contributed by atoms with Crippen LogP contribution in [0.1, 0.15) is 77.0 Å². The van der Waals surface area contributed by atoms with Gasteiger partial charge in [-0.2, -0.15) is 11.8 Å². The summed E-state index contributed by atoms with van der Waals surface area (Å²) in [7, 11) is 1.24. The Morgan fingerprint density at radius 2 is 1.71 bits per heavy atom. The molecule has 1 aromatic rings. The second-order valence-corrected chi connectivity index (χ2v) is 11.2. The fraction of sp³-hybridized carbons (Fsp3) is 0.643. The van der Waals surface area contributed by atoms with Gasteiger partial charge in [-0.05, 0) is 58.1 Å². The number of hydrogen-bond donors (Lipinski definition) is 2. The van der Waals surface area contributed by atoms with E-state index < -0.39 is 35.7 Å². The maximum Gasteiger partial charge on any atom is 0.408 e. The molecule has 9 nitrogen and oxygen atoms in total. The molecule has 1 rings (SSSR count). The summed E-state index contributed by atoms with van der Waals surface area (Å²) < 4.78 is 10.1. The summed E-state index contributed by atoms with van der Waals surface area (Å²) in [5.41, 5.74) is 0.894. The number of thioether (sulfide) groups is 1. The number of amides is 3. The summed E-state index contributed by atoms with van der Waals surface area (Å²) in [6, 6.07) is 5.49. The third-order valence-corrected chi connectivity index (χ3v) is 6.37. The van der Waals surface area contributed by atoms with Gasteiger partial charge in [-0.3, -0.25) is 14.4 Å². The van der Waals surface area contributed by atoms with E-state index in [4.69, 9.17) is 4.74 Å². The molecule has 38 heavy (non-hydrogen) atoms. The van der Waals surface area contributed by atoms with Crippen LogP contribution in [0.5, 0.6) is 0 Å². The first-order valence-electron chi connectivity index (χ1n) is 13.1. The third-order valence-electron chi connectivity index (χ3n) is 5.72. The molecule has 2 unspecified atom stereocenters. The topological polar surface area (TPSA) is 114 Å². The Balaban J connectivity index is 3.43. The lowest BCUT2D eigenvalue weighted by molar-refractivity contribution is -0.144. The largest absolute Gasteiger partial charge is 0.468 e. The van der Waals surface area contributed by atoms with E-state index in [0.717, 1.165) is 24.8 Å². The fourth-order valence-corrected chi connectivity index (χ4v) is 4.24. The van der Waals surface area contributed by atoms with Crippen molar-refractivity contribution >= 4 is 35.6 Å². The van der Waals surface area contributed by atoms with Gasteiger partial charge in [0.25, 0.3) is 0 Å². The number of benzene rings is 1.